The van der Waals surface area contributed by atoms with E-state index < -0.39 is 19.6 Å². The molecule has 0 saturated heterocycles. The van der Waals surface area contributed by atoms with Gasteiger partial charge < -0.3 is 4.42 Å². The van der Waals surface area contributed by atoms with E-state index in [2.05, 4.69) is 4.98 Å². The molecule has 0 aliphatic rings. The number of benzene rings is 1. The van der Waals surface area contributed by atoms with Gasteiger partial charge in [-0.05, 0) is 55.6 Å². The van der Waals surface area contributed by atoms with Crippen LogP contribution in [-0.4, -0.2) is 4.98 Å². The molecule has 3 heteroatoms. The molecule has 1 atom stereocenters. The Morgan fingerprint density at radius 1 is 1.20 bits per heavy atom. The molecule has 0 bridgehead atoms. The molecule has 0 saturated carbocycles. The van der Waals surface area contributed by atoms with Crippen molar-refractivity contribution >= 4 is 22.1 Å². The van der Waals surface area contributed by atoms with Crippen molar-refractivity contribution in [1.29, 1.82) is 0 Å². The molecule has 1 aromatic carbocycles. The number of aromatic nitrogens is 2. The van der Waals surface area contributed by atoms with Crippen molar-refractivity contribution in [3.63, 3.8) is 0 Å². The lowest BCUT2D eigenvalue weighted by molar-refractivity contribution is -0.660. The maximum Gasteiger partial charge on any atom is 0.227 e. The lowest BCUT2D eigenvalue weighted by Crippen LogP contribution is -2.31. The number of aryl methyl sites for hydroxylation is 3. The molecule has 25 heavy (non-hydrogen) atoms. The molecule has 3 aromatic heterocycles. The molecule has 4 aromatic rings. The van der Waals surface area contributed by atoms with Crippen molar-refractivity contribution < 1.29 is 18.6 Å². The monoisotopic (exact) mass is 338 g/mol. The number of hydrogen-bond acceptors (Lipinski definition) is 2. The summed E-state index contributed by atoms with van der Waals surface area (Å²) < 4.78 is 61.8. The van der Waals surface area contributed by atoms with Crippen LogP contribution in [0, 0.1) is 13.8 Å². The molecule has 0 aliphatic heterocycles. The maximum absolute atomic E-state index is 8.28. The first kappa shape index (κ1) is 9.71. The van der Waals surface area contributed by atoms with Gasteiger partial charge in [-0.1, -0.05) is 13.8 Å². The van der Waals surface area contributed by atoms with E-state index in [9.17, 15) is 0 Å². The number of hydrogen-bond donors (Lipinski definition) is 0. The van der Waals surface area contributed by atoms with Crippen LogP contribution >= 0.6 is 0 Å². The fraction of sp³-hybridized carbons (Fsp3) is 0.273. The number of rotatable bonds is 2. The predicted molar refractivity (Wildman–Crippen MR) is 102 cm³/mol. The Hall–Kier alpha value is -2.68. The van der Waals surface area contributed by atoms with E-state index in [1.165, 1.54) is 6.92 Å². The Bertz CT molecular complexity index is 1350. The van der Waals surface area contributed by atoms with Crippen molar-refractivity contribution in [3.8, 4) is 11.3 Å². The van der Waals surface area contributed by atoms with Crippen LogP contribution in [0.5, 0.6) is 0 Å². The van der Waals surface area contributed by atoms with Crippen molar-refractivity contribution in [2.24, 2.45) is 7.05 Å². The largest absolute Gasteiger partial charge is 0.438 e. The normalized spacial score (nSPS) is 19.2. The number of pyridine rings is 2. The van der Waals surface area contributed by atoms with Crippen LogP contribution in [0.2, 0.25) is 0 Å². The van der Waals surface area contributed by atoms with Crippen LogP contribution in [0.1, 0.15) is 46.1 Å². The second kappa shape index (κ2) is 5.69. The lowest BCUT2D eigenvalue weighted by atomic mass is 10.0. The molecule has 0 fully saturated rings. The summed E-state index contributed by atoms with van der Waals surface area (Å²) in [6, 6.07) is 10.5. The minimum atomic E-state index is -2.53. The van der Waals surface area contributed by atoms with Gasteiger partial charge in [0.25, 0.3) is 0 Å². The zero-order chi connectivity index (χ0) is 23.6. The summed E-state index contributed by atoms with van der Waals surface area (Å²) in [6.45, 7) is -1.45. The Balaban J connectivity index is 1.88. The van der Waals surface area contributed by atoms with E-state index in [0.717, 1.165) is 22.2 Å². The summed E-state index contributed by atoms with van der Waals surface area (Å²) in [5, 5.41) is 1.52. The number of furan rings is 1. The quantitative estimate of drug-likeness (QED) is 0.469. The van der Waals surface area contributed by atoms with Crippen molar-refractivity contribution in [1.82, 2.24) is 4.98 Å². The zero-order valence-corrected chi connectivity index (χ0v) is 14.3. The van der Waals surface area contributed by atoms with E-state index in [4.69, 9.17) is 14.0 Å². The van der Waals surface area contributed by atoms with Crippen molar-refractivity contribution in [2.45, 2.75) is 33.4 Å². The fourth-order valence-electron chi connectivity index (χ4n) is 3.18. The first-order valence-corrected chi connectivity index (χ1v) is 8.05. The lowest BCUT2D eigenvalue weighted by Gasteiger charge is -2.05. The highest BCUT2D eigenvalue weighted by Crippen LogP contribution is 2.33. The molecule has 126 valence electrons. The molecule has 0 aliphatic carbocycles. The molecule has 0 radical (unpaired) electrons. The van der Waals surface area contributed by atoms with Gasteiger partial charge in [-0.3, -0.25) is 0 Å². The molecular weight excluding hydrogens is 308 g/mol. The summed E-state index contributed by atoms with van der Waals surface area (Å²) >= 11 is 0. The highest BCUT2D eigenvalue weighted by molar-refractivity contribution is 6.05. The minimum Gasteiger partial charge on any atom is -0.438 e. The van der Waals surface area contributed by atoms with Crippen molar-refractivity contribution in [2.75, 3.05) is 0 Å². The molecule has 0 spiro atoms. The zero-order valence-electron chi connectivity index (χ0n) is 21.3. The SMILES string of the molecule is [2H]C([2H])([2H])c1ccc(-c2cc3c(cc2C)oc2nc(C([2H])(C)C([2H])([2H])[2H])ccc23)[n+](C)c1. The predicted octanol–water partition coefficient (Wildman–Crippen LogP) is 5.21. The van der Waals surface area contributed by atoms with Crippen LogP contribution in [-0.2, 0) is 7.05 Å². The number of fused-ring (bicyclic) bond motifs is 3. The van der Waals surface area contributed by atoms with E-state index >= 15 is 0 Å². The second-order valence-electron chi connectivity index (χ2n) is 6.35. The summed E-state index contributed by atoms with van der Waals surface area (Å²) in [5.74, 6) is -1.86. The summed E-state index contributed by atoms with van der Waals surface area (Å²) in [6.07, 6.45) is 1.61. The summed E-state index contributed by atoms with van der Waals surface area (Å²) in [5.41, 5.74) is 3.96. The van der Waals surface area contributed by atoms with E-state index in [-0.39, 0.29) is 17.0 Å². The van der Waals surface area contributed by atoms with Gasteiger partial charge in [-0.25, -0.2) is 9.55 Å². The second-order valence-corrected chi connectivity index (χ2v) is 6.35. The first-order valence-electron chi connectivity index (χ1n) is 11.5. The molecule has 4 rings (SSSR count). The van der Waals surface area contributed by atoms with Crippen LogP contribution < -0.4 is 4.57 Å². The van der Waals surface area contributed by atoms with Gasteiger partial charge in [0, 0.05) is 43.3 Å². The fourth-order valence-corrected chi connectivity index (χ4v) is 3.18. The Kier molecular flexibility index (Phi) is 2.21. The third kappa shape index (κ3) is 2.60. The third-order valence-electron chi connectivity index (χ3n) is 4.48. The van der Waals surface area contributed by atoms with E-state index in [1.807, 2.05) is 19.1 Å². The first-order chi connectivity index (χ1) is 14.7. The van der Waals surface area contributed by atoms with Gasteiger partial charge >= 0.3 is 0 Å². The summed E-state index contributed by atoms with van der Waals surface area (Å²) in [4.78, 5) is 4.36. The Morgan fingerprint density at radius 3 is 2.84 bits per heavy atom. The van der Waals surface area contributed by atoms with E-state index in [0.29, 0.717) is 11.0 Å². The van der Waals surface area contributed by atoms with Gasteiger partial charge in [0.1, 0.15) is 12.6 Å². The third-order valence-corrected chi connectivity index (χ3v) is 4.48. The van der Waals surface area contributed by atoms with Gasteiger partial charge in [-0.15, -0.1) is 0 Å². The molecule has 3 heterocycles. The van der Waals surface area contributed by atoms with Gasteiger partial charge in [-0.2, -0.15) is 0 Å². The van der Waals surface area contributed by atoms with E-state index in [1.54, 1.807) is 42.1 Å². The molecule has 1 unspecified atom stereocenters. The van der Waals surface area contributed by atoms with Crippen LogP contribution in [0.25, 0.3) is 33.3 Å². The highest BCUT2D eigenvalue weighted by atomic mass is 16.3. The standard InChI is InChI=1S/C22H23N2O/c1-13(2)19-8-7-16-18-11-17(20-9-6-14(3)12-24(20)5)15(4)10-21(18)25-22(16)23-19/h6-13H,1-5H3/q+1/i1D3,3D3,13D. The number of nitrogens with zero attached hydrogens (tertiary/aromatic N) is 2. The topological polar surface area (TPSA) is 29.9 Å². The molecule has 0 amide bonds. The highest BCUT2D eigenvalue weighted by Gasteiger charge is 2.17. The van der Waals surface area contributed by atoms with Gasteiger partial charge in [0.15, 0.2) is 6.20 Å². The van der Waals surface area contributed by atoms with Gasteiger partial charge in [0.05, 0.1) is 0 Å². The van der Waals surface area contributed by atoms with Crippen LogP contribution in [0.15, 0.2) is 47.0 Å². The van der Waals surface area contributed by atoms with Crippen LogP contribution in [0.3, 0.4) is 0 Å². The molecular formula is C22H23N2O+. The minimum absolute atomic E-state index is 0.118. The Morgan fingerprint density at radius 2 is 2.08 bits per heavy atom. The maximum atomic E-state index is 8.28. The molecule has 3 nitrogen and oxygen atoms in total. The molecule has 0 N–H and O–H groups in total. The van der Waals surface area contributed by atoms with Crippen LogP contribution in [0.4, 0.5) is 0 Å². The average Bonchev–Trinajstić information content (AvgIpc) is 3.02. The van der Waals surface area contributed by atoms with Crippen molar-refractivity contribution in [3.05, 3.63) is 59.4 Å². The van der Waals surface area contributed by atoms with Gasteiger partial charge in [0.2, 0.25) is 11.4 Å². The average molecular weight is 338 g/mol. The summed E-state index contributed by atoms with van der Waals surface area (Å²) in [7, 11) is 1.80. The smallest absolute Gasteiger partial charge is 0.227 e. The Labute approximate surface area is 157 Å².